The smallest absolute Gasteiger partial charge is 0.343 e. The number of benzene rings is 4. The first kappa shape index (κ1) is 25.2. The van der Waals surface area contributed by atoms with Crippen LogP contribution in [-0.2, 0) is 14.4 Å². The van der Waals surface area contributed by atoms with Crippen molar-refractivity contribution in [3.8, 4) is 5.75 Å². The molecule has 5 amide bonds. The lowest BCUT2D eigenvalue weighted by Gasteiger charge is -2.33. The van der Waals surface area contributed by atoms with Crippen molar-refractivity contribution >= 4 is 46.9 Å². The zero-order chi connectivity index (χ0) is 27.2. The number of para-hydroxylation sites is 3. The third-order valence-corrected chi connectivity index (χ3v) is 5.90. The Morgan fingerprint density at radius 2 is 1.15 bits per heavy atom. The molecule has 0 unspecified atom stereocenters. The summed E-state index contributed by atoms with van der Waals surface area (Å²) in [6.45, 7) is -0.188. The number of rotatable bonds is 7. The summed E-state index contributed by atoms with van der Waals surface area (Å²) < 4.78 is 5.56. The van der Waals surface area contributed by atoms with Gasteiger partial charge in [-0.25, -0.2) is 14.6 Å². The monoisotopic (exact) mass is 517 g/mol. The summed E-state index contributed by atoms with van der Waals surface area (Å²) in [5, 5.41) is 2.74. The molecule has 0 radical (unpaired) electrons. The molecule has 0 aliphatic carbocycles. The average Bonchev–Trinajstić information content (AvgIpc) is 2.96. The van der Waals surface area contributed by atoms with Crippen LogP contribution in [-0.4, -0.2) is 30.4 Å². The Labute approximate surface area is 224 Å². The molecule has 4 aromatic carbocycles. The van der Waals surface area contributed by atoms with E-state index in [0.717, 1.165) is 9.80 Å². The molecular weight excluding hydrogens is 494 g/mol. The lowest BCUT2D eigenvalue weighted by Crippen LogP contribution is -2.57. The number of nitrogens with one attached hydrogen (secondary N) is 1. The SMILES string of the molecule is O=C(COc1ccc(C=C2C(=O)N(c3ccccc3)C(=O)N(c3ccccc3)C2=O)cc1)Nc1ccccc1. The van der Waals surface area contributed by atoms with Gasteiger partial charge < -0.3 is 10.1 Å². The Hall–Kier alpha value is -5.50. The van der Waals surface area contributed by atoms with E-state index in [-0.39, 0.29) is 18.1 Å². The highest BCUT2D eigenvalue weighted by Crippen LogP contribution is 2.29. The van der Waals surface area contributed by atoms with Crippen LogP contribution in [0.3, 0.4) is 0 Å². The van der Waals surface area contributed by atoms with E-state index >= 15 is 0 Å². The van der Waals surface area contributed by atoms with Gasteiger partial charge in [0.2, 0.25) is 0 Å². The molecule has 8 heteroatoms. The summed E-state index contributed by atoms with van der Waals surface area (Å²) in [5.74, 6) is -1.31. The molecule has 1 N–H and O–H groups in total. The van der Waals surface area contributed by atoms with Crippen LogP contribution in [0.1, 0.15) is 5.56 Å². The molecule has 0 saturated carbocycles. The fourth-order valence-corrected chi connectivity index (χ4v) is 4.03. The summed E-state index contributed by atoms with van der Waals surface area (Å²) in [6, 6.07) is 31.8. The number of nitrogens with zero attached hydrogens (tertiary/aromatic N) is 2. The second kappa shape index (κ2) is 11.3. The number of carbonyl (C=O) groups excluding carboxylic acids is 4. The second-order valence-corrected chi connectivity index (χ2v) is 8.56. The Bertz CT molecular complexity index is 1470. The zero-order valence-electron chi connectivity index (χ0n) is 20.7. The van der Waals surface area contributed by atoms with Gasteiger partial charge in [-0.2, -0.15) is 0 Å². The second-order valence-electron chi connectivity index (χ2n) is 8.56. The van der Waals surface area contributed by atoms with Crippen LogP contribution in [0.2, 0.25) is 0 Å². The van der Waals surface area contributed by atoms with E-state index in [0.29, 0.717) is 28.4 Å². The summed E-state index contributed by atoms with van der Waals surface area (Å²) in [5.41, 5.74) is 1.75. The van der Waals surface area contributed by atoms with Crippen LogP contribution in [0, 0.1) is 0 Å². The lowest BCUT2D eigenvalue weighted by atomic mass is 10.0. The molecule has 1 fully saturated rings. The summed E-state index contributed by atoms with van der Waals surface area (Å²) in [4.78, 5) is 54.4. The van der Waals surface area contributed by atoms with Gasteiger partial charge in [0.15, 0.2) is 6.61 Å². The van der Waals surface area contributed by atoms with Crippen molar-refractivity contribution in [2.75, 3.05) is 21.7 Å². The van der Waals surface area contributed by atoms with Gasteiger partial charge >= 0.3 is 6.03 Å². The van der Waals surface area contributed by atoms with Crippen LogP contribution < -0.4 is 19.9 Å². The summed E-state index contributed by atoms with van der Waals surface area (Å²) >= 11 is 0. The minimum Gasteiger partial charge on any atom is -0.484 e. The largest absolute Gasteiger partial charge is 0.484 e. The number of hydrogen-bond donors (Lipinski definition) is 1. The number of anilines is 3. The Kier molecular flexibility index (Phi) is 7.27. The number of barbiturate groups is 1. The molecule has 192 valence electrons. The molecule has 0 bridgehead atoms. The van der Waals surface area contributed by atoms with Crippen molar-refractivity contribution in [2.45, 2.75) is 0 Å². The number of carbonyl (C=O) groups is 4. The van der Waals surface area contributed by atoms with Gasteiger partial charge in [-0.1, -0.05) is 66.7 Å². The van der Waals surface area contributed by atoms with Crippen molar-refractivity contribution in [3.05, 3.63) is 126 Å². The highest BCUT2D eigenvalue weighted by atomic mass is 16.5. The predicted molar refractivity (Wildman–Crippen MR) is 148 cm³/mol. The molecule has 1 saturated heterocycles. The third-order valence-electron chi connectivity index (χ3n) is 5.90. The highest BCUT2D eigenvalue weighted by Gasteiger charge is 2.43. The molecular formula is C31H23N3O5. The quantitative estimate of drug-likeness (QED) is 0.266. The molecule has 1 heterocycles. The molecule has 39 heavy (non-hydrogen) atoms. The van der Waals surface area contributed by atoms with Crippen LogP contribution in [0.5, 0.6) is 5.75 Å². The molecule has 5 rings (SSSR count). The number of imide groups is 2. The van der Waals surface area contributed by atoms with Gasteiger partial charge in [0.1, 0.15) is 11.3 Å². The van der Waals surface area contributed by atoms with Crippen molar-refractivity contribution in [3.63, 3.8) is 0 Å². The van der Waals surface area contributed by atoms with E-state index in [4.69, 9.17) is 4.74 Å². The van der Waals surface area contributed by atoms with E-state index < -0.39 is 17.8 Å². The van der Waals surface area contributed by atoms with E-state index in [1.807, 2.05) is 18.2 Å². The first-order valence-electron chi connectivity index (χ1n) is 12.1. The van der Waals surface area contributed by atoms with Crippen LogP contribution in [0.25, 0.3) is 6.08 Å². The topological polar surface area (TPSA) is 96.0 Å². The van der Waals surface area contributed by atoms with Crippen molar-refractivity contribution < 1.29 is 23.9 Å². The molecule has 0 aromatic heterocycles. The number of ether oxygens (including phenoxy) is 1. The zero-order valence-corrected chi connectivity index (χ0v) is 20.7. The number of amides is 5. The maximum atomic E-state index is 13.4. The molecule has 1 aliphatic heterocycles. The van der Waals surface area contributed by atoms with Gasteiger partial charge in [-0.3, -0.25) is 14.4 Å². The first-order chi connectivity index (χ1) is 19.0. The van der Waals surface area contributed by atoms with Gasteiger partial charge in [0.25, 0.3) is 17.7 Å². The van der Waals surface area contributed by atoms with E-state index in [1.165, 1.54) is 6.08 Å². The Morgan fingerprint density at radius 1 is 0.667 bits per heavy atom. The van der Waals surface area contributed by atoms with Gasteiger partial charge in [0.05, 0.1) is 11.4 Å². The predicted octanol–water partition coefficient (Wildman–Crippen LogP) is 5.29. The van der Waals surface area contributed by atoms with Gasteiger partial charge in [-0.15, -0.1) is 0 Å². The standard InChI is InChI=1S/C31H23N3O5/c35-28(32-23-10-4-1-5-11-23)21-39-26-18-16-22(17-19-26)20-27-29(36)33(24-12-6-2-7-13-24)31(38)34(30(27)37)25-14-8-3-9-15-25/h1-20H,21H2,(H,32,35). The molecule has 8 nitrogen and oxygen atoms in total. The van der Waals surface area contributed by atoms with Gasteiger partial charge in [0, 0.05) is 5.69 Å². The number of hydrogen-bond acceptors (Lipinski definition) is 5. The fourth-order valence-electron chi connectivity index (χ4n) is 4.03. The van der Waals surface area contributed by atoms with Crippen LogP contribution in [0.15, 0.2) is 121 Å². The minimum atomic E-state index is -0.753. The average molecular weight is 518 g/mol. The Morgan fingerprint density at radius 3 is 1.67 bits per heavy atom. The number of urea groups is 1. The van der Waals surface area contributed by atoms with Crippen LogP contribution in [0.4, 0.5) is 21.9 Å². The summed E-state index contributed by atoms with van der Waals surface area (Å²) in [7, 11) is 0. The van der Waals surface area contributed by atoms with Crippen molar-refractivity contribution in [2.24, 2.45) is 0 Å². The molecule has 1 aliphatic rings. The van der Waals surface area contributed by atoms with E-state index in [9.17, 15) is 19.2 Å². The normalized spacial score (nSPS) is 13.3. The van der Waals surface area contributed by atoms with Gasteiger partial charge in [-0.05, 0) is 60.2 Å². The van der Waals surface area contributed by atoms with Crippen molar-refractivity contribution in [1.29, 1.82) is 0 Å². The first-order valence-corrected chi connectivity index (χ1v) is 12.1. The van der Waals surface area contributed by atoms with E-state index in [1.54, 1.807) is 97.1 Å². The maximum Gasteiger partial charge on any atom is 0.343 e. The fraction of sp³-hybridized carbons (Fsp3) is 0.0323. The van der Waals surface area contributed by atoms with Crippen molar-refractivity contribution in [1.82, 2.24) is 0 Å². The van der Waals surface area contributed by atoms with Crippen LogP contribution >= 0.6 is 0 Å². The Balaban J connectivity index is 1.37. The third kappa shape index (κ3) is 5.60. The molecule has 0 atom stereocenters. The lowest BCUT2D eigenvalue weighted by molar-refractivity contribution is -0.121. The minimum absolute atomic E-state index is 0.168. The maximum absolute atomic E-state index is 13.4. The highest BCUT2D eigenvalue weighted by molar-refractivity contribution is 6.46. The van der Waals surface area contributed by atoms with E-state index in [2.05, 4.69) is 5.32 Å². The molecule has 0 spiro atoms. The molecule has 4 aromatic rings. The summed E-state index contributed by atoms with van der Waals surface area (Å²) in [6.07, 6.45) is 1.44.